The van der Waals surface area contributed by atoms with Crippen molar-refractivity contribution in [2.75, 3.05) is 44.8 Å². The molecule has 0 saturated heterocycles. The zero-order valence-electron chi connectivity index (χ0n) is 13.5. The van der Waals surface area contributed by atoms with E-state index in [1.54, 1.807) is 37.1 Å². The Kier molecular flexibility index (Phi) is 6.11. The van der Waals surface area contributed by atoms with Crippen molar-refractivity contribution in [3.63, 3.8) is 0 Å². The number of anilines is 1. The average molecular weight is 341 g/mol. The van der Waals surface area contributed by atoms with Crippen molar-refractivity contribution in [1.29, 1.82) is 0 Å². The van der Waals surface area contributed by atoms with Crippen molar-refractivity contribution in [2.45, 2.75) is 18.2 Å². The summed E-state index contributed by atoms with van der Waals surface area (Å²) in [6.45, 7) is 3.96. The van der Waals surface area contributed by atoms with Crippen LogP contribution in [0.4, 0.5) is 5.69 Å². The summed E-state index contributed by atoms with van der Waals surface area (Å²) in [7, 11) is -1.92. The number of rotatable bonds is 8. The summed E-state index contributed by atoms with van der Waals surface area (Å²) in [6.07, 6.45) is 0.737. The summed E-state index contributed by atoms with van der Waals surface area (Å²) in [5.74, 6) is -0.0714. The lowest BCUT2D eigenvalue weighted by molar-refractivity contribution is -0.117. The predicted octanol–water partition coefficient (Wildman–Crippen LogP) is 0.110. The van der Waals surface area contributed by atoms with Gasteiger partial charge in [-0.2, -0.15) is 0 Å². The average Bonchev–Trinajstić information content (AvgIpc) is 2.94. The van der Waals surface area contributed by atoms with Gasteiger partial charge in [0.2, 0.25) is 15.9 Å². The van der Waals surface area contributed by atoms with E-state index in [1.165, 1.54) is 0 Å². The van der Waals surface area contributed by atoms with Gasteiger partial charge in [-0.25, -0.2) is 13.1 Å². The number of nitrogens with zero attached hydrogens (tertiary/aromatic N) is 1. The Hall–Kier alpha value is -1.48. The first-order valence-electron chi connectivity index (χ1n) is 7.62. The third-order valence-electron chi connectivity index (χ3n) is 3.66. The minimum atomic E-state index is -3.53. The van der Waals surface area contributed by atoms with Gasteiger partial charge in [0.15, 0.2) is 0 Å². The molecule has 0 saturated carbocycles. The SMILES string of the molecule is CCNS(=O)(=O)c1ccc2c(c1)N(C(=O)CNCCOC)CC2. The van der Waals surface area contributed by atoms with Crippen molar-refractivity contribution < 1.29 is 17.9 Å². The second kappa shape index (κ2) is 7.87. The number of fused-ring (bicyclic) bond motifs is 1. The standard InChI is InChI=1S/C15H23N3O4S/c1-3-17-23(20,21)13-5-4-12-6-8-18(14(12)10-13)15(19)11-16-7-9-22-2/h4-5,10,16-17H,3,6-9,11H2,1-2H3. The van der Waals surface area contributed by atoms with Crippen LogP contribution in [-0.4, -0.2) is 54.2 Å². The Morgan fingerprint density at radius 3 is 2.87 bits per heavy atom. The zero-order chi connectivity index (χ0) is 16.9. The van der Waals surface area contributed by atoms with Gasteiger partial charge in [0.05, 0.1) is 18.0 Å². The monoisotopic (exact) mass is 341 g/mol. The van der Waals surface area contributed by atoms with Crippen LogP contribution in [0.2, 0.25) is 0 Å². The van der Waals surface area contributed by atoms with Crippen molar-refractivity contribution >= 4 is 21.6 Å². The molecule has 1 heterocycles. The van der Waals surface area contributed by atoms with E-state index in [9.17, 15) is 13.2 Å². The van der Waals surface area contributed by atoms with Crippen LogP contribution >= 0.6 is 0 Å². The lowest BCUT2D eigenvalue weighted by atomic mass is 10.2. The van der Waals surface area contributed by atoms with Gasteiger partial charge in [0, 0.05) is 32.4 Å². The molecule has 0 aromatic heterocycles. The summed E-state index contributed by atoms with van der Waals surface area (Å²) in [5.41, 5.74) is 1.67. The minimum Gasteiger partial charge on any atom is -0.383 e. The second-order valence-electron chi connectivity index (χ2n) is 5.26. The highest BCUT2D eigenvalue weighted by Gasteiger charge is 2.26. The van der Waals surface area contributed by atoms with E-state index < -0.39 is 10.0 Å². The van der Waals surface area contributed by atoms with E-state index in [4.69, 9.17) is 4.74 Å². The fourth-order valence-corrected chi connectivity index (χ4v) is 3.58. The Bertz CT molecular complexity index is 661. The van der Waals surface area contributed by atoms with Crippen LogP contribution in [0.25, 0.3) is 0 Å². The number of ether oxygens (including phenoxy) is 1. The van der Waals surface area contributed by atoms with Gasteiger partial charge in [-0.05, 0) is 24.1 Å². The van der Waals surface area contributed by atoms with Crippen molar-refractivity contribution in [3.8, 4) is 0 Å². The molecule has 23 heavy (non-hydrogen) atoms. The van der Waals surface area contributed by atoms with Crippen LogP contribution in [0.15, 0.2) is 23.1 Å². The third-order valence-corrected chi connectivity index (χ3v) is 5.20. The minimum absolute atomic E-state index is 0.0714. The maximum absolute atomic E-state index is 12.3. The fourth-order valence-electron chi connectivity index (χ4n) is 2.52. The second-order valence-corrected chi connectivity index (χ2v) is 7.02. The van der Waals surface area contributed by atoms with E-state index in [-0.39, 0.29) is 17.3 Å². The third kappa shape index (κ3) is 4.29. The van der Waals surface area contributed by atoms with Crippen LogP contribution in [0.3, 0.4) is 0 Å². The Balaban J connectivity index is 2.13. The first-order chi connectivity index (χ1) is 11.0. The molecule has 128 valence electrons. The Labute approximate surface area is 137 Å². The molecule has 2 rings (SSSR count). The van der Waals surface area contributed by atoms with Gasteiger partial charge in [-0.3, -0.25) is 4.79 Å². The van der Waals surface area contributed by atoms with Crippen LogP contribution in [0, 0.1) is 0 Å². The molecule has 0 spiro atoms. The molecule has 1 aromatic carbocycles. The lowest BCUT2D eigenvalue weighted by Gasteiger charge is -2.18. The number of benzene rings is 1. The first kappa shape index (κ1) is 17.9. The van der Waals surface area contributed by atoms with Crippen LogP contribution in [0.1, 0.15) is 12.5 Å². The molecule has 0 unspecified atom stereocenters. The molecule has 1 aliphatic heterocycles. The Morgan fingerprint density at radius 2 is 2.17 bits per heavy atom. The van der Waals surface area contributed by atoms with Gasteiger partial charge in [-0.1, -0.05) is 13.0 Å². The number of hydrogen-bond donors (Lipinski definition) is 2. The topological polar surface area (TPSA) is 87.7 Å². The van der Waals surface area contributed by atoms with Crippen LogP contribution < -0.4 is 14.9 Å². The summed E-state index contributed by atoms with van der Waals surface area (Å²) in [5, 5.41) is 3.01. The fraction of sp³-hybridized carbons (Fsp3) is 0.533. The van der Waals surface area contributed by atoms with Gasteiger partial charge in [0.25, 0.3) is 0 Å². The number of hydrogen-bond acceptors (Lipinski definition) is 5. The molecule has 0 radical (unpaired) electrons. The molecule has 2 N–H and O–H groups in total. The number of carbonyl (C=O) groups excluding carboxylic acids is 1. The number of sulfonamides is 1. The van der Waals surface area contributed by atoms with Gasteiger partial charge in [-0.15, -0.1) is 0 Å². The van der Waals surface area contributed by atoms with Gasteiger partial charge >= 0.3 is 0 Å². The quantitative estimate of drug-likeness (QED) is 0.655. The Morgan fingerprint density at radius 1 is 1.39 bits per heavy atom. The highest BCUT2D eigenvalue weighted by Crippen LogP contribution is 2.30. The molecule has 8 heteroatoms. The summed E-state index contributed by atoms with van der Waals surface area (Å²) in [4.78, 5) is 14.1. The van der Waals surface area contributed by atoms with Crippen LogP contribution in [0.5, 0.6) is 0 Å². The summed E-state index contributed by atoms with van der Waals surface area (Å²) in [6, 6.07) is 4.94. The van der Waals surface area contributed by atoms with E-state index in [0.29, 0.717) is 31.9 Å². The normalized spacial score (nSPS) is 14.1. The van der Waals surface area contributed by atoms with Crippen molar-refractivity contribution in [3.05, 3.63) is 23.8 Å². The highest BCUT2D eigenvalue weighted by molar-refractivity contribution is 7.89. The summed E-state index contributed by atoms with van der Waals surface area (Å²) < 4.78 is 31.6. The zero-order valence-corrected chi connectivity index (χ0v) is 14.3. The number of carbonyl (C=O) groups is 1. The summed E-state index contributed by atoms with van der Waals surface area (Å²) >= 11 is 0. The molecule has 1 aliphatic rings. The highest BCUT2D eigenvalue weighted by atomic mass is 32.2. The molecular weight excluding hydrogens is 318 g/mol. The lowest BCUT2D eigenvalue weighted by Crippen LogP contribution is -2.38. The largest absolute Gasteiger partial charge is 0.383 e. The molecule has 1 amide bonds. The van der Waals surface area contributed by atoms with E-state index in [0.717, 1.165) is 12.0 Å². The predicted molar refractivity (Wildman–Crippen MR) is 88.1 cm³/mol. The number of methoxy groups -OCH3 is 1. The van der Waals surface area contributed by atoms with E-state index in [2.05, 4.69) is 10.0 Å². The molecule has 1 aromatic rings. The van der Waals surface area contributed by atoms with Crippen LogP contribution in [-0.2, 0) is 26.0 Å². The first-order valence-corrected chi connectivity index (χ1v) is 9.10. The smallest absolute Gasteiger partial charge is 0.240 e. The van der Waals surface area contributed by atoms with E-state index >= 15 is 0 Å². The maximum atomic E-state index is 12.3. The molecule has 7 nitrogen and oxygen atoms in total. The van der Waals surface area contributed by atoms with Crippen molar-refractivity contribution in [1.82, 2.24) is 10.0 Å². The molecule has 0 bridgehead atoms. The molecule has 0 atom stereocenters. The van der Waals surface area contributed by atoms with Gasteiger partial charge in [0.1, 0.15) is 0 Å². The van der Waals surface area contributed by atoms with Crippen molar-refractivity contribution in [2.24, 2.45) is 0 Å². The molecule has 0 fully saturated rings. The maximum Gasteiger partial charge on any atom is 0.240 e. The number of amides is 1. The van der Waals surface area contributed by atoms with E-state index in [1.807, 2.05) is 0 Å². The molecule has 0 aliphatic carbocycles. The van der Waals surface area contributed by atoms with Gasteiger partial charge < -0.3 is 15.0 Å². The number of nitrogens with one attached hydrogen (secondary N) is 2. The molecular formula is C15H23N3O4S.